The molecule has 1 amide bonds. The second kappa shape index (κ2) is 4.30. The highest BCUT2D eigenvalue weighted by Crippen LogP contribution is 2.20. The molecule has 0 aromatic heterocycles. The monoisotopic (exact) mass is 222 g/mol. The first kappa shape index (κ1) is 10.6. The number of carbonyl (C=O) groups is 1. The van der Waals surface area contributed by atoms with Crippen LogP contribution in [0.2, 0.25) is 0 Å². The number of nitrogens with zero attached hydrogens (tertiary/aromatic N) is 1. The highest BCUT2D eigenvalue weighted by atomic mass is 16.6. The smallest absolute Gasteiger partial charge is 0.410 e. The van der Waals surface area contributed by atoms with Crippen LogP contribution in [0.15, 0.2) is 18.2 Å². The van der Waals surface area contributed by atoms with Crippen LogP contribution >= 0.6 is 0 Å². The van der Waals surface area contributed by atoms with Crippen LogP contribution in [0.5, 0.6) is 5.75 Å². The molecule has 1 aromatic rings. The topological polar surface area (TPSA) is 64.8 Å². The zero-order valence-corrected chi connectivity index (χ0v) is 9.10. The molecule has 2 N–H and O–H groups in total. The number of methoxy groups -OCH3 is 1. The standard InChI is InChI=1S/C11H14N2O3/c1-15-10-5-8(4-9(12)6-10)7-13-2-3-16-11(13)14/h4-6H,2-3,7,12H2,1H3. The molecule has 1 aliphatic rings. The maximum atomic E-state index is 11.3. The second-order valence-corrected chi connectivity index (χ2v) is 3.65. The van der Waals surface area contributed by atoms with Crippen LogP contribution < -0.4 is 10.5 Å². The first-order valence-electron chi connectivity index (χ1n) is 5.04. The summed E-state index contributed by atoms with van der Waals surface area (Å²) in [5, 5.41) is 0. The number of amides is 1. The van der Waals surface area contributed by atoms with Crippen molar-refractivity contribution in [3.63, 3.8) is 0 Å². The van der Waals surface area contributed by atoms with E-state index < -0.39 is 0 Å². The normalized spacial score (nSPS) is 15.1. The van der Waals surface area contributed by atoms with E-state index in [1.54, 1.807) is 18.1 Å². The molecule has 16 heavy (non-hydrogen) atoms. The quantitative estimate of drug-likeness (QED) is 0.781. The van der Waals surface area contributed by atoms with E-state index >= 15 is 0 Å². The van der Waals surface area contributed by atoms with Crippen LogP contribution in [0, 0.1) is 0 Å². The number of nitrogens with two attached hydrogens (primary N) is 1. The Morgan fingerprint density at radius 3 is 2.94 bits per heavy atom. The molecular formula is C11H14N2O3. The molecule has 2 rings (SSSR count). The number of rotatable bonds is 3. The molecule has 5 heteroatoms. The van der Waals surface area contributed by atoms with Gasteiger partial charge in [-0.05, 0) is 17.7 Å². The van der Waals surface area contributed by atoms with Gasteiger partial charge in [-0.1, -0.05) is 0 Å². The molecule has 5 nitrogen and oxygen atoms in total. The average Bonchev–Trinajstić information content (AvgIpc) is 2.63. The van der Waals surface area contributed by atoms with Gasteiger partial charge in [0.2, 0.25) is 0 Å². The highest BCUT2D eigenvalue weighted by Gasteiger charge is 2.21. The second-order valence-electron chi connectivity index (χ2n) is 3.65. The van der Waals surface area contributed by atoms with Gasteiger partial charge >= 0.3 is 6.09 Å². The summed E-state index contributed by atoms with van der Waals surface area (Å²) >= 11 is 0. The molecule has 86 valence electrons. The van der Waals surface area contributed by atoms with Crippen molar-refractivity contribution < 1.29 is 14.3 Å². The molecule has 1 aliphatic heterocycles. The Kier molecular flexibility index (Phi) is 2.85. The molecule has 1 saturated heterocycles. The Labute approximate surface area is 93.7 Å². The fourth-order valence-corrected chi connectivity index (χ4v) is 1.68. The number of anilines is 1. The van der Waals surface area contributed by atoms with Gasteiger partial charge in [0, 0.05) is 18.3 Å². The van der Waals surface area contributed by atoms with E-state index in [1.165, 1.54) is 0 Å². The molecule has 1 aromatic carbocycles. The summed E-state index contributed by atoms with van der Waals surface area (Å²) in [4.78, 5) is 12.9. The number of nitrogen functional groups attached to an aromatic ring is 1. The minimum absolute atomic E-state index is 0.276. The van der Waals surface area contributed by atoms with Gasteiger partial charge in [-0.2, -0.15) is 0 Å². The molecule has 1 fully saturated rings. The maximum absolute atomic E-state index is 11.3. The summed E-state index contributed by atoms with van der Waals surface area (Å²) in [5.74, 6) is 0.697. The fraction of sp³-hybridized carbons (Fsp3) is 0.364. The minimum atomic E-state index is -0.276. The predicted molar refractivity (Wildman–Crippen MR) is 59.2 cm³/mol. The number of ether oxygens (including phenoxy) is 2. The lowest BCUT2D eigenvalue weighted by Gasteiger charge is -2.13. The van der Waals surface area contributed by atoms with E-state index in [0.29, 0.717) is 31.1 Å². The molecule has 1 heterocycles. The SMILES string of the molecule is COc1cc(N)cc(CN2CCOC2=O)c1. The molecular weight excluding hydrogens is 208 g/mol. The first-order valence-corrected chi connectivity index (χ1v) is 5.04. The van der Waals surface area contributed by atoms with E-state index in [4.69, 9.17) is 15.2 Å². The molecule has 0 radical (unpaired) electrons. The third kappa shape index (κ3) is 2.18. The summed E-state index contributed by atoms with van der Waals surface area (Å²) in [5.41, 5.74) is 7.30. The number of carbonyl (C=O) groups excluding carboxylic acids is 1. The zero-order valence-electron chi connectivity index (χ0n) is 9.10. The average molecular weight is 222 g/mol. The zero-order chi connectivity index (χ0) is 11.5. The van der Waals surface area contributed by atoms with Crippen molar-refractivity contribution in [1.29, 1.82) is 0 Å². The van der Waals surface area contributed by atoms with Gasteiger partial charge in [0.1, 0.15) is 12.4 Å². The van der Waals surface area contributed by atoms with Crippen molar-refractivity contribution in [3.8, 4) is 5.75 Å². The van der Waals surface area contributed by atoms with Gasteiger partial charge in [-0.3, -0.25) is 0 Å². The Morgan fingerprint density at radius 1 is 1.50 bits per heavy atom. The van der Waals surface area contributed by atoms with Crippen LogP contribution in [-0.4, -0.2) is 31.3 Å². The van der Waals surface area contributed by atoms with Crippen LogP contribution in [0.3, 0.4) is 0 Å². The van der Waals surface area contributed by atoms with E-state index in [0.717, 1.165) is 5.56 Å². The number of benzene rings is 1. The summed E-state index contributed by atoms with van der Waals surface area (Å²) in [6.45, 7) is 1.58. The Bertz CT molecular complexity index is 406. The van der Waals surface area contributed by atoms with Gasteiger partial charge < -0.3 is 20.1 Å². The fourth-order valence-electron chi connectivity index (χ4n) is 1.68. The van der Waals surface area contributed by atoms with Crippen LogP contribution in [0.4, 0.5) is 10.5 Å². The third-order valence-corrected chi connectivity index (χ3v) is 2.44. The van der Waals surface area contributed by atoms with Crippen LogP contribution in [0.25, 0.3) is 0 Å². The van der Waals surface area contributed by atoms with Gasteiger partial charge in [-0.25, -0.2) is 4.79 Å². The van der Waals surface area contributed by atoms with E-state index in [1.807, 2.05) is 12.1 Å². The predicted octanol–water partition coefficient (Wildman–Crippen LogP) is 1.23. The van der Waals surface area contributed by atoms with E-state index in [2.05, 4.69) is 0 Å². The largest absolute Gasteiger partial charge is 0.497 e. The highest BCUT2D eigenvalue weighted by molar-refractivity contribution is 5.69. The maximum Gasteiger partial charge on any atom is 0.410 e. The van der Waals surface area contributed by atoms with E-state index in [9.17, 15) is 4.79 Å². The van der Waals surface area contributed by atoms with Gasteiger partial charge in [0.25, 0.3) is 0 Å². The minimum Gasteiger partial charge on any atom is -0.497 e. The molecule has 0 bridgehead atoms. The van der Waals surface area contributed by atoms with Gasteiger partial charge in [0.05, 0.1) is 13.7 Å². The van der Waals surface area contributed by atoms with Crippen LogP contribution in [-0.2, 0) is 11.3 Å². The molecule has 0 spiro atoms. The van der Waals surface area contributed by atoms with Crippen LogP contribution in [0.1, 0.15) is 5.56 Å². The first-order chi connectivity index (χ1) is 7.69. The Balaban J connectivity index is 2.14. The van der Waals surface area contributed by atoms with Crippen molar-refractivity contribution in [3.05, 3.63) is 23.8 Å². The third-order valence-electron chi connectivity index (χ3n) is 2.44. The van der Waals surface area contributed by atoms with Crippen molar-refractivity contribution in [2.24, 2.45) is 0 Å². The Morgan fingerprint density at radius 2 is 2.31 bits per heavy atom. The molecule has 0 unspecified atom stereocenters. The lowest BCUT2D eigenvalue weighted by atomic mass is 10.2. The summed E-state index contributed by atoms with van der Waals surface area (Å²) in [6, 6.07) is 5.43. The van der Waals surface area contributed by atoms with Crippen molar-refractivity contribution in [2.75, 3.05) is 26.0 Å². The lowest BCUT2D eigenvalue weighted by Crippen LogP contribution is -2.23. The number of hydrogen-bond donors (Lipinski definition) is 1. The summed E-state index contributed by atoms with van der Waals surface area (Å²) in [6.07, 6.45) is -0.276. The van der Waals surface area contributed by atoms with Crippen molar-refractivity contribution >= 4 is 11.8 Å². The van der Waals surface area contributed by atoms with E-state index in [-0.39, 0.29) is 6.09 Å². The van der Waals surface area contributed by atoms with Gasteiger partial charge in [-0.15, -0.1) is 0 Å². The molecule has 0 aliphatic carbocycles. The molecule has 0 atom stereocenters. The van der Waals surface area contributed by atoms with Crippen molar-refractivity contribution in [2.45, 2.75) is 6.54 Å². The lowest BCUT2D eigenvalue weighted by molar-refractivity contribution is 0.157. The summed E-state index contributed by atoms with van der Waals surface area (Å²) < 4.78 is 9.96. The van der Waals surface area contributed by atoms with Gasteiger partial charge in [0.15, 0.2) is 0 Å². The molecule has 0 saturated carbocycles. The Hall–Kier alpha value is -1.91. The van der Waals surface area contributed by atoms with Crippen molar-refractivity contribution in [1.82, 2.24) is 4.90 Å². The summed E-state index contributed by atoms with van der Waals surface area (Å²) in [7, 11) is 1.59. The number of hydrogen-bond acceptors (Lipinski definition) is 4. The number of cyclic esters (lactones) is 1.